The van der Waals surface area contributed by atoms with Crippen molar-refractivity contribution in [3.8, 4) is 0 Å². The molecular formula is C18H19FIN3O2. The smallest absolute Gasteiger partial charge is 0.302 e. The molecule has 0 radical (unpaired) electrons. The number of halogens is 2. The van der Waals surface area contributed by atoms with Gasteiger partial charge in [-0.15, -0.1) is 0 Å². The summed E-state index contributed by atoms with van der Waals surface area (Å²) in [6.07, 6.45) is 3.66. The van der Waals surface area contributed by atoms with E-state index in [1.54, 1.807) is 22.9 Å². The summed E-state index contributed by atoms with van der Waals surface area (Å²) in [5, 5.41) is 0. The lowest BCUT2D eigenvalue weighted by molar-refractivity contribution is 0.287. The standard InChI is InChI=1S/C18H19FIN3O2/c19-14-4-2-12(3-5-14)18-8-13(18)9-22(11-18)6-1-7-23-10-15(20)16(24)21-17(23)25/h2-5,10,13H,1,6-9,11H2,(H,21,24,25)/t13?,18-/m1/s1. The van der Waals surface area contributed by atoms with Gasteiger partial charge in [0.1, 0.15) is 5.82 Å². The fourth-order valence-corrected chi connectivity index (χ4v) is 4.57. The van der Waals surface area contributed by atoms with Gasteiger partial charge in [-0.25, -0.2) is 9.18 Å². The van der Waals surface area contributed by atoms with Crippen molar-refractivity contribution >= 4 is 22.6 Å². The molecule has 5 nitrogen and oxygen atoms in total. The predicted octanol–water partition coefficient (Wildman–Crippen LogP) is 1.94. The van der Waals surface area contributed by atoms with Crippen LogP contribution in [0.3, 0.4) is 0 Å². The molecule has 1 aliphatic heterocycles. The highest BCUT2D eigenvalue weighted by atomic mass is 127. The Hall–Kier alpha value is -1.48. The molecule has 25 heavy (non-hydrogen) atoms. The van der Waals surface area contributed by atoms with Crippen LogP contribution < -0.4 is 11.2 Å². The second-order valence-electron chi connectivity index (χ2n) is 7.08. The number of likely N-dealkylation sites (tertiary alicyclic amines) is 1. The number of rotatable bonds is 5. The lowest BCUT2D eigenvalue weighted by Crippen LogP contribution is -2.33. The van der Waals surface area contributed by atoms with Crippen molar-refractivity contribution in [1.82, 2.24) is 14.5 Å². The zero-order chi connectivity index (χ0) is 17.6. The Morgan fingerprint density at radius 1 is 1.24 bits per heavy atom. The van der Waals surface area contributed by atoms with Crippen LogP contribution in [0.25, 0.3) is 0 Å². The minimum atomic E-state index is -0.350. The van der Waals surface area contributed by atoms with Crippen molar-refractivity contribution in [2.75, 3.05) is 19.6 Å². The van der Waals surface area contributed by atoms with Gasteiger partial charge in [0.25, 0.3) is 5.56 Å². The lowest BCUT2D eigenvalue weighted by Gasteiger charge is -2.21. The molecule has 0 spiro atoms. The number of hydrogen-bond donors (Lipinski definition) is 1. The number of aromatic amines is 1. The number of benzene rings is 1. The Morgan fingerprint density at radius 3 is 2.76 bits per heavy atom. The average molecular weight is 455 g/mol. The molecule has 1 unspecified atom stereocenters. The van der Waals surface area contributed by atoms with Crippen LogP contribution in [0.1, 0.15) is 18.4 Å². The molecule has 1 aliphatic carbocycles. The van der Waals surface area contributed by atoms with Crippen molar-refractivity contribution in [3.63, 3.8) is 0 Å². The summed E-state index contributed by atoms with van der Waals surface area (Å²) in [6, 6.07) is 6.93. The van der Waals surface area contributed by atoms with Crippen LogP contribution in [0.2, 0.25) is 0 Å². The molecule has 132 valence electrons. The first-order valence-corrected chi connectivity index (χ1v) is 9.53. The molecular weight excluding hydrogens is 436 g/mol. The summed E-state index contributed by atoms with van der Waals surface area (Å²) in [6.45, 7) is 3.58. The molecule has 4 rings (SSSR count). The molecule has 2 heterocycles. The second-order valence-corrected chi connectivity index (χ2v) is 8.24. The number of piperidine rings is 1. The van der Waals surface area contributed by atoms with Gasteiger partial charge in [0, 0.05) is 31.2 Å². The normalized spacial score (nSPS) is 25.1. The highest BCUT2D eigenvalue weighted by Crippen LogP contribution is 2.58. The van der Waals surface area contributed by atoms with E-state index in [4.69, 9.17) is 0 Å². The molecule has 0 bridgehead atoms. The van der Waals surface area contributed by atoms with E-state index < -0.39 is 0 Å². The third kappa shape index (κ3) is 3.19. The predicted molar refractivity (Wildman–Crippen MR) is 101 cm³/mol. The summed E-state index contributed by atoms with van der Waals surface area (Å²) < 4.78 is 15.2. The molecule has 2 fully saturated rings. The lowest BCUT2D eigenvalue weighted by atomic mass is 9.95. The van der Waals surface area contributed by atoms with Gasteiger partial charge in [0.2, 0.25) is 0 Å². The summed E-state index contributed by atoms with van der Waals surface area (Å²) in [7, 11) is 0. The summed E-state index contributed by atoms with van der Waals surface area (Å²) in [5.74, 6) is 0.475. The fourth-order valence-electron chi connectivity index (χ4n) is 4.10. The SMILES string of the molecule is O=c1[nH]c(=O)n(CCCN2CC3C[C@]3(c3ccc(F)cc3)C2)cc1I. The van der Waals surface area contributed by atoms with Crippen LogP contribution in [0.5, 0.6) is 0 Å². The number of fused-ring (bicyclic) bond motifs is 1. The number of nitrogens with zero attached hydrogens (tertiary/aromatic N) is 2. The number of hydrogen-bond acceptors (Lipinski definition) is 3. The van der Waals surface area contributed by atoms with Crippen LogP contribution >= 0.6 is 22.6 Å². The van der Waals surface area contributed by atoms with E-state index >= 15 is 0 Å². The maximum absolute atomic E-state index is 13.1. The van der Waals surface area contributed by atoms with Crippen molar-refractivity contribution in [2.24, 2.45) is 5.92 Å². The van der Waals surface area contributed by atoms with Crippen LogP contribution in [-0.2, 0) is 12.0 Å². The monoisotopic (exact) mass is 455 g/mol. The van der Waals surface area contributed by atoms with E-state index in [1.807, 2.05) is 34.7 Å². The Morgan fingerprint density at radius 2 is 2.00 bits per heavy atom. The zero-order valence-electron chi connectivity index (χ0n) is 13.7. The van der Waals surface area contributed by atoms with Crippen molar-refractivity contribution < 1.29 is 4.39 Å². The molecule has 1 saturated carbocycles. The van der Waals surface area contributed by atoms with E-state index in [0.29, 0.717) is 16.0 Å². The van der Waals surface area contributed by atoms with Crippen LogP contribution in [0.15, 0.2) is 40.1 Å². The zero-order valence-corrected chi connectivity index (χ0v) is 15.8. The quantitative estimate of drug-likeness (QED) is 0.702. The van der Waals surface area contributed by atoms with E-state index in [0.717, 1.165) is 26.1 Å². The third-order valence-corrected chi connectivity index (χ3v) is 6.24. The first-order chi connectivity index (χ1) is 12.0. The molecule has 1 N–H and O–H groups in total. The van der Waals surface area contributed by atoms with Crippen molar-refractivity contribution in [1.29, 1.82) is 0 Å². The Kier molecular flexibility index (Phi) is 4.31. The number of nitrogens with one attached hydrogen (secondary N) is 1. The summed E-state index contributed by atoms with van der Waals surface area (Å²) >= 11 is 1.93. The van der Waals surface area contributed by atoms with E-state index in [2.05, 4.69) is 9.88 Å². The minimum Gasteiger partial charge on any atom is -0.302 e. The van der Waals surface area contributed by atoms with Crippen molar-refractivity contribution in [2.45, 2.75) is 24.8 Å². The van der Waals surface area contributed by atoms with Crippen LogP contribution in [0, 0.1) is 15.3 Å². The Balaban J connectivity index is 1.35. The third-order valence-electron chi connectivity index (χ3n) is 5.48. The molecule has 1 aromatic heterocycles. The number of aromatic nitrogens is 2. The van der Waals surface area contributed by atoms with Gasteiger partial charge < -0.3 is 4.90 Å². The molecule has 2 aromatic rings. The molecule has 1 aromatic carbocycles. The first kappa shape index (κ1) is 17.0. The maximum atomic E-state index is 13.1. The van der Waals surface area contributed by atoms with Crippen molar-refractivity contribution in [3.05, 3.63) is 66.3 Å². The Bertz CT molecular complexity index is 908. The van der Waals surface area contributed by atoms with Gasteiger partial charge in [0.05, 0.1) is 3.57 Å². The van der Waals surface area contributed by atoms with E-state index in [9.17, 15) is 14.0 Å². The minimum absolute atomic E-state index is 0.187. The Labute approximate surface area is 158 Å². The van der Waals surface area contributed by atoms with Gasteiger partial charge in [-0.1, -0.05) is 12.1 Å². The summed E-state index contributed by atoms with van der Waals surface area (Å²) in [5.41, 5.74) is 0.769. The first-order valence-electron chi connectivity index (χ1n) is 8.46. The molecule has 2 atom stereocenters. The maximum Gasteiger partial charge on any atom is 0.328 e. The molecule has 2 aliphatic rings. The summed E-state index contributed by atoms with van der Waals surface area (Å²) in [4.78, 5) is 28.0. The molecule has 1 saturated heterocycles. The number of aryl methyl sites for hydroxylation is 1. The van der Waals surface area contributed by atoms with E-state index in [-0.39, 0.29) is 22.5 Å². The molecule has 7 heteroatoms. The molecule has 0 amide bonds. The van der Waals surface area contributed by atoms with Gasteiger partial charge in [-0.2, -0.15) is 0 Å². The van der Waals surface area contributed by atoms with Crippen LogP contribution in [0.4, 0.5) is 4.39 Å². The van der Waals surface area contributed by atoms with Gasteiger partial charge in [-0.3, -0.25) is 14.3 Å². The van der Waals surface area contributed by atoms with E-state index in [1.165, 1.54) is 12.0 Å². The van der Waals surface area contributed by atoms with Crippen LogP contribution in [-0.4, -0.2) is 34.1 Å². The van der Waals surface area contributed by atoms with Gasteiger partial charge in [0.15, 0.2) is 0 Å². The highest BCUT2D eigenvalue weighted by Gasteiger charge is 2.60. The van der Waals surface area contributed by atoms with Gasteiger partial charge >= 0.3 is 5.69 Å². The topological polar surface area (TPSA) is 58.1 Å². The number of H-pyrrole nitrogens is 1. The van der Waals surface area contributed by atoms with Gasteiger partial charge in [-0.05, 0) is 65.6 Å². The fraction of sp³-hybridized carbons (Fsp3) is 0.444. The highest BCUT2D eigenvalue weighted by molar-refractivity contribution is 14.1. The average Bonchev–Trinajstić information content (AvgIpc) is 3.15. The second kappa shape index (κ2) is 6.35. The largest absolute Gasteiger partial charge is 0.328 e.